The third-order valence-electron chi connectivity index (χ3n) is 1.99. The van der Waals surface area contributed by atoms with Crippen molar-refractivity contribution in [3.63, 3.8) is 0 Å². The molecule has 0 aromatic heterocycles. The number of halogens is 1. The van der Waals surface area contributed by atoms with Crippen molar-refractivity contribution in [2.75, 3.05) is 0 Å². The first kappa shape index (κ1) is 7.67. The zero-order chi connectivity index (χ0) is 3.98. The third-order valence-corrected chi connectivity index (χ3v) is 1.99. The van der Waals surface area contributed by atoms with Gasteiger partial charge in [-0.2, -0.15) is 0 Å². The quantitative estimate of drug-likeness (QED) is 0.426. The van der Waals surface area contributed by atoms with Crippen molar-refractivity contribution in [3.05, 3.63) is 12.2 Å². The van der Waals surface area contributed by atoms with E-state index in [9.17, 15) is 0 Å². The van der Waals surface area contributed by atoms with Gasteiger partial charge in [-0.1, -0.05) is 19.6 Å². The van der Waals surface area contributed by atoms with Crippen LogP contribution in [0.1, 0.15) is 20.3 Å². The zero-order valence-electron chi connectivity index (χ0n) is 4.13. The van der Waals surface area contributed by atoms with E-state index < -0.39 is 0 Å². The Kier molecular flexibility index (Phi) is 2.20. The lowest BCUT2D eigenvalue weighted by Gasteiger charge is -2.39. The molecule has 0 aliphatic heterocycles. The molecular formula is C7H13F. The molecule has 8 heavy (non-hydrogen) atoms. The molecule has 1 heteroatoms. The van der Waals surface area contributed by atoms with Crippen LogP contribution in [0.2, 0.25) is 0 Å². The van der Waals surface area contributed by atoms with E-state index >= 15 is 0 Å². The van der Waals surface area contributed by atoms with Crippen molar-refractivity contribution in [1.29, 1.82) is 0 Å². The maximum Gasteiger partial charge on any atom is -0.0170 e. The Bertz CT molecular complexity index is 84.6. The van der Waals surface area contributed by atoms with Crippen LogP contribution in [0.5, 0.6) is 0 Å². The van der Waals surface area contributed by atoms with Gasteiger partial charge in [0.15, 0.2) is 0 Å². The van der Waals surface area contributed by atoms with Crippen molar-refractivity contribution >= 4 is 0 Å². The van der Waals surface area contributed by atoms with E-state index in [-0.39, 0.29) is 12.1 Å². The number of fused-ring (bicyclic) bond motifs is 1. The van der Waals surface area contributed by atoms with Crippen LogP contribution in [0.15, 0.2) is 12.2 Å². The van der Waals surface area contributed by atoms with Crippen LogP contribution in [0.3, 0.4) is 0 Å². The number of hydrogen-bond acceptors (Lipinski definition) is 0. The second-order valence-electron chi connectivity index (χ2n) is 2.29. The predicted molar refractivity (Wildman–Crippen MR) is 34.6 cm³/mol. The molecule has 2 aliphatic carbocycles. The topological polar surface area (TPSA) is 0 Å². The summed E-state index contributed by atoms with van der Waals surface area (Å²) in [7, 11) is 0. The number of hydrogen-bond donors (Lipinski definition) is 0. The molecule has 0 radical (unpaired) electrons. The highest BCUT2D eigenvalue weighted by Gasteiger charge is 2.31. The van der Waals surface area contributed by atoms with Crippen molar-refractivity contribution < 1.29 is 4.70 Å². The smallest absolute Gasteiger partial charge is 0.0170 e. The summed E-state index contributed by atoms with van der Waals surface area (Å²) in [4.78, 5) is 0. The summed E-state index contributed by atoms with van der Waals surface area (Å²) < 4.78 is 0. The van der Waals surface area contributed by atoms with E-state index in [0.717, 1.165) is 11.8 Å². The highest BCUT2D eigenvalue weighted by atomic mass is 19.0. The minimum absolute atomic E-state index is 0. The fraction of sp³-hybridized carbons (Fsp3) is 0.714. The molecule has 0 bridgehead atoms. The maximum absolute atomic E-state index is 2.33. The van der Waals surface area contributed by atoms with Crippen molar-refractivity contribution in [2.24, 2.45) is 11.8 Å². The van der Waals surface area contributed by atoms with Gasteiger partial charge in [0, 0.05) is 0 Å². The summed E-state index contributed by atoms with van der Waals surface area (Å²) in [5, 5.41) is 0. The fourth-order valence-electron chi connectivity index (χ4n) is 1.17. The molecule has 0 heterocycles. The Morgan fingerprint density at radius 1 is 1.00 bits per heavy atom. The van der Waals surface area contributed by atoms with Crippen LogP contribution in [-0.4, -0.2) is 0 Å². The first-order valence-corrected chi connectivity index (χ1v) is 2.65. The van der Waals surface area contributed by atoms with Crippen LogP contribution in [0.25, 0.3) is 0 Å². The molecule has 0 aromatic carbocycles. The van der Waals surface area contributed by atoms with Gasteiger partial charge in [0.05, 0.1) is 0 Å². The van der Waals surface area contributed by atoms with E-state index in [2.05, 4.69) is 12.2 Å². The molecule has 48 valence electrons. The maximum atomic E-state index is 2.33. The number of allylic oxidation sites excluding steroid dienone is 2. The lowest BCUT2D eigenvalue weighted by molar-refractivity contribution is 0.248. The average Bonchev–Trinajstić information content (AvgIpc) is 1.54. The average molecular weight is 116 g/mol. The van der Waals surface area contributed by atoms with E-state index in [0.29, 0.717) is 0 Å². The van der Waals surface area contributed by atoms with Gasteiger partial charge in [-0.15, -0.1) is 0 Å². The van der Waals surface area contributed by atoms with E-state index in [1.807, 2.05) is 0 Å². The van der Waals surface area contributed by atoms with Gasteiger partial charge in [-0.25, -0.2) is 0 Å². The fourth-order valence-corrected chi connectivity index (χ4v) is 1.17. The highest BCUT2D eigenvalue weighted by molar-refractivity contribution is 5.14. The normalized spacial score (nSPS) is 37.0. The van der Waals surface area contributed by atoms with Gasteiger partial charge >= 0.3 is 0 Å². The summed E-state index contributed by atoms with van der Waals surface area (Å²) in [5.74, 6) is 2.06. The Morgan fingerprint density at radius 2 is 1.38 bits per heavy atom. The molecule has 1 saturated carbocycles. The molecule has 0 N–H and O–H groups in total. The predicted octanol–water partition coefficient (Wildman–Crippen LogP) is 2.37. The van der Waals surface area contributed by atoms with Gasteiger partial charge < -0.3 is 0 Å². The van der Waals surface area contributed by atoms with Gasteiger partial charge in [-0.05, 0) is 24.7 Å². The van der Waals surface area contributed by atoms with Gasteiger partial charge in [0.1, 0.15) is 0 Å². The van der Waals surface area contributed by atoms with Crippen molar-refractivity contribution in [3.8, 4) is 0 Å². The van der Waals surface area contributed by atoms with Crippen LogP contribution >= 0.6 is 0 Å². The minimum atomic E-state index is 0. The monoisotopic (exact) mass is 116 g/mol. The number of rotatable bonds is 0. The van der Waals surface area contributed by atoms with Crippen molar-refractivity contribution in [1.82, 2.24) is 0 Å². The molecule has 0 amide bonds. The SMILES string of the molecule is C.C1=CC2CCC12.F. The molecule has 2 aliphatic rings. The third kappa shape index (κ3) is 0.662. The van der Waals surface area contributed by atoms with E-state index in [1.165, 1.54) is 12.8 Å². The Labute approximate surface area is 50.0 Å². The molecule has 2 atom stereocenters. The van der Waals surface area contributed by atoms with Gasteiger partial charge in [-0.3, -0.25) is 4.70 Å². The van der Waals surface area contributed by atoms with Crippen LogP contribution < -0.4 is 0 Å². The van der Waals surface area contributed by atoms with Crippen LogP contribution in [-0.2, 0) is 0 Å². The molecule has 1 fully saturated rings. The van der Waals surface area contributed by atoms with Crippen LogP contribution in [0, 0.1) is 11.8 Å². The summed E-state index contributed by atoms with van der Waals surface area (Å²) in [5.41, 5.74) is 0. The summed E-state index contributed by atoms with van der Waals surface area (Å²) in [6.45, 7) is 0. The summed E-state index contributed by atoms with van der Waals surface area (Å²) >= 11 is 0. The lowest BCUT2D eigenvalue weighted by Crippen LogP contribution is -2.28. The standard InChI is InChI=1S/C6H8.CH4.FH/c1-2-6-4-3-5(1)6;;/h1-2,5-6H,3-4H2;1H4;1H. The summed E-state index contributed by atoms with van der Waals surface area (Å²) in [6, 6.07) is 0. The molecule has 2 unspecified atom stereocenters. The molecule has 2 rings (SSSR count). The highest BCUT2D eigenvalue weighted by Crippen LogP contribution is 2.43. The van der Waals surface area contributed by atoms with E-state index in [1.54, 1.807) is 0 Å². The second kappa shape index (κ2) is 2.29. The van der Waals surface area contributed by atoms with Gasteiger partial charge in [0.25, 0.3) is 0 Å². The second-order valence-corrected chi connectivity index (χ2v) is 2.29. The van der Waals surface area contributed by atoms with Crippen molar-refractivity contribution in [2.45, 2.75) is 20.3 Å². The Morgan fingerprint density at radius 3 is 1.38 bits per heavy atom. The summed E-state index contributed by atoms with van der Waals surface area (Å²) in [6.07, 6.45) is 7.60. The Hall–Kier alpha value is -0.330. The largest absolute Gasteiger partial charge is 0.269 e. The molecule has 0 saturated heterocycles. The molecular weight excluding hydrogens is 103 g/mol. The lowest BCUT2D eigenvalue weighted by atomic mass is 9.66. The zero-order valence-corrected chi connectivity index (χ0v) is 4.13. The van der Waals surface area contributed by atoms with Crippen LogP contribution in [0.4, 0.5) is 4.70 Å². The van der Waals surface area contributed by atoms with Gasteiger partial charge in [0.2, 0.25) is 0 Å². The first-order valence-electron chi connectivity index (χ1n) is 2.65. The molecule has 0 aromatic rings. The van der Waals surface area contributed by atoms with E-state index in [4.69, 9.17) is 0 Å². The minimum Gasteiger partial charge on any atom is -0.269 e. The Balaban J connectivity index is 0.000000245. The molecule has 0 spiro atoms. The molecule has 0 nitrogen and oxygen atoms in total. The first-order chi connectivity index (χ1) is 2.97.